The number of amides is 3. The molecular formula is C26H22ClFN4O3. The van der Waals surface area contributed by atoms with Crippen molar-refractivity contribution in [3.63, 3.8) is 0 Å². The van der Waals surface area contributed by atoms with Gasteiger partial charge in [0, 0.05) is 28.8 Å². The van der Waals surface area contributed by atoms with Gasteiger partial charge in [-0.15, -0.1) is 0 Å². The quantitative estimate of drug-likeness (QED) is 0.570. The number of fused-ring (bicyclic) bond motifs is 1. The zero-order chi connectivity index (χ0) is 25.1. The van der Waals surface area contributed by atoms with E-state index >= 15 is 0 Å². The van der Waals surface area contributed by atoms with Gasteiger partial charge in [0.1, 0.15) is 11.9 Å². The smallest absolute Gasteiger partial charge is 0.272 e. The molecule has 3 aromatic carbocycles. The number of hydrogen-bond acceptors (Lipinski definition) is 4. The Bertz CT molecular complexity index is 1330. The maximum atomic E-state index is 13.4. The van der Waals surface area contributed by atoms with Crippen LogP contribution in [0.25, 0.3) is 0 Å². The average Bonchev–Trinajstić information content (AvgIpc) is 2.94. The number of hydrogen-bond donors (Lipinski definition) is 2. The fourth-order valence-electron chi connectivity index (χ4n) is 3.70. The molecule has 0 fully saturated rings. The minimum absolute atomic E-state index is 0.0756. The second kappa shape index (κ2) is 10.1. The molecule has 9 heteroatoms. The first-order valence-corrected chi connectivity index (χ1v) is 11.2. The molecule has 2 N–H and O–H groups in total. The number of benzene rings is 3. The van der Waals surface area contributed by atoms with Gasteiger partial charge in [-0.3, -0.25) is 14.4 Å². The molecule has 1 aliphatic rings. The van der Waals surface area contributed by atoms with Crippen molar-refractivity contribution in [3.8, 4) is 0 Å². The number of halogens is 2. The third-order valence-electron chi connectivity index (χ3n) is 5.55. The lowest BCUT2D eigenvalue weighted by Crippen LogP contribution is -2.52. The van der Waals surface area contributed by atoms with Gasteiger partial charge in [0.15, 0.2) is 0 Å². The maximum absolute atomic E-state index is 13.4. The molecule has 0 bridgehead atoms. The molecule has 0 spiro atoms. The van der Waals surface area contributed by atoms with Crippen LogP contribution in [0.1, 0.15) is 28.4 Å². The molecule has 178 valence electrons. The van der Waals surface area contributed by atoms with Gasteiger partial charge in [-0.2, -0.15) is 0 Å². The Morgan fingerprint density at radius 2 is 1.80 bits per heavy atom. The first-order chi connectivity index (χ1) is 16.7. The second-order valence-corrected chi connectivity index (χ2v) is 8.46. The number of rotatable bonds is 5. The van der Waals surface area contributed by atoms with E-state index in [1.807, 2.05) is 30.3 Å². The summed E-state index contributed by atoms with van der Waals surface area (Å²) in [5.41, 5.74) is 2.54. The predicted octanol–water partition coefficient (Wildman–Crippen LogP) is 3.55. The van der Waals surface area contributed by atoms with Gasteiger partial charge in [-0.25, -0.2) is 9.38 Å². The molecule has 0 saturated carbocycles. The number of nitrogens with zero attached hydrogens (tertiary/aromatic N) is 2. The summed E-state index contributed by atoms with van der Waals surface area (Å²) in [4.78, 5) is 44.6. The highest BCUT2D eigenvalue weighted by atomic mass is 35.5. The minimum atomic E-state index is -1.25. The lowest BCUT2D eigenvalue weighted by Gasteiger charge is -2.22. The van der Waals surface area contributed by atoms with Crippen molar-refractivity contribution in [1.29, 1.82) is 0 Å². The standard InChI is InChI=1S/C26H22ClFN4O3/c1-15(29-25(34)17-9-6-10-19(28)13-17)24(33)31-23-26(35)32(2)21-12-11-18(27)14-20(21)22(30-23)16-7-4-3-5-8-16/h3-15,23H,1-2H3,(H,29,34)(H,31,33)/t15-,23?/m0/s1. The molecule has 1 aliphatic heterocycles. The molecule has 3 amide bonds. The fraction of sp³-hybridized carbons (Fsp3) is 0.154. The summed E-state index contributed by atoms with van der Waals surface area (Å²) in [6.07, 6.45) is -1.25. The van der Waals surface area contributed by atoms with E-state index in [0.717, 1.165) is 11.6 Å². The van der Waals surface area contributed by atoms with Crippen LogP contribution in [0.3, 0.4) is 0 Å². The fourth-order valence-corrected chi connectivity index (χ4v) is 3.87. The number of aliphatic imine (C=N–C) groups is 1. The summed E-state index contributed by atoms with van der Waals surface area (Å²) < 4.78 is 13.4. The molecule has 35 heavy (non-hydrogen) atoms. The number of carbonyl (C=O) groups excluding carboxylic acids is 3. The molecule has 1 unspecified atom stereocenters. The van der Waals surface area contributed by atoms with Crippen molar-refractivity contribution < 1.29 is 18.8 Å². The van der Waals surface area contributed by atoms with Gasteiger partial charge in [0.05, 0.1) is 11.4 Å². The summed E-state index contributed by atoms with van der Waals surface area (Å²) >= 11 is 6.25. The SMILES string of the molecule is C[C@H](NC(=O)c1cccc(F)c1)C(=O)NC1N=C(c2ccccc2)c2cc(Cl)ccc2N(C)C1=O. The molecule has 3 aromatic rings. The highest BCUT2D eigenvalue weighted by Crippen LogP contribution is 2.29. The van der Waals surface area contributed by atoms with Crippen molar-refractivity contribution in [3.05, 3.63) is 100 Å². The molecule has 0 saturated heterocycles. The molecule has 1 heterocycles. The number of carbonyl (C=O) groups is 3. The Morgan fingerprint density at radius 3 is 2.51 bits per heavy atom. The van der Waals surface area contributed by atoms with Crippen LogP contribution < -0.4 is 15.5 Å². The lowest BCUT2D eigenvalue weighted by molar-refractivity contribution is -0.128. The van der Waals surface area contributed by atoms with E-state index < -0.39 is 35.7 Å². The summed E-state index contributed by atoms with van der Waals surface area (Å²) in [6.45, 7) is 1.47. The maximum Gasteiger partial charge on any atom is 0.272 e. The highest BCUT2D eigenvalue weighted by Gasteiger charge is 2.32. The van der Waals surface area contributed by atoms with E-state index in [1.54, 1.807) is 25.2 Å². The average molecular weight is 493 g/mol. The van der Waals surface area contributed by atoms with E-state index in [-0.39, 0.29) is 5.56 Å². The van der Waals surface area contributed by atoms with Crippen LogP contribution in [0.15, 0.2) is 77.8 Å². The first-order valence-electron chi connectivity index (χ1n) is 10.8. The van der Waals surface area contributed by atoms with E-state index in [2.05, 4.69) is 15.6 Å². The number of nitrogens with one attached hydrogen (secondary N) is 2. The Kier molecular flexibility index (Phi) is 6.93. The van der Waals surface area contributed by atoms with Gasteiger partial charge in [0.25, 0.3) is 11.8 Å². The number of benzodiazepines with no additional fused rings is 1. The molecule has 0 aliphatic carbocycles. The van der Waals surface area contributed by atoms with E-state index in [0.29, 0.717) is 22.0 Å². The Hall–Kier alpha value is -4.04. The molecule has 7 nitrogen and oxygen atoms in total. The molecule has 0 aromatic heterocycles. The van der Waals surface area contributed by atoms with E-state index in [9.17, 15) is 18.8 Å². The second-order valence-electron chi connectivity index (χ2n) is 8.02. The van der Waals surface area contributed by atoms with Crippen LogP contribution in [0.4, 0.5) is 10.1 Å². The minimum Gasteiger partial charge on any atom is -0.341 e. The van der Waals surface area contributed by atoms with Crippen molar-refractivity contribution in [1.82, 2.24) is 10.6 Å². The van der Waals surface area contributed by atoms with Crippen LogP contribution in [0, 0.1) is 5.82 Å². The molecular weight excluding hydrogens is 471 g/mol. The zero-order valence-electron chi connectivity index (χ0n) is 19.0. The molecule has 2 atom stereocenters. The van der Waals surface area contributed by atoms with Crippen LogP contribution >= 0.6 is 11.6 Å². The zero-order valence-corrected chi connectivity index (χ0v) is 19.7. The Labute approximate surface area is 206 Å². The monoisotopic (exact) mass is 492 g/mol. The topological polar surface area (TPSA) is 90.9 Å². The lowest BCUT2D eigenvalue weighted by atomic mass is 10.0. The predicted molar refractivity (Wildman–Crippen MR) is 132 cm³/mol. The summed E-state index contributed by atoms with van der Waals surface area (Å²) in [7, 11) is 1.59. The Balaban J connectivity index is 1.62. The first kappa shape index (κ1) is 24.1. The van der Waals surface area contributed by atoms with Crippen molar-refractivity contribution in [2.24, 2.45) is 4.99 Å². The summed E-state index contributed by atoms with van der Waals surface area (Å²) in [6, 6.07) is 18.5. The molecule has 0 radical (unpaired) electrons. The Morgan fingerprint density at radius 1 is 1.06 bits per heavy atom. The van der Waals surface area contributed by atoms with Gasteiger partial charge >= 0.3 is 0 Å². The van der Waals surface area contributed by atoms with Crippen LogP contribution in [0.2, 0.25) is 5.02 Å². The highest BCUT2D eigenvalue weighted by molar-refractivity contribution is 6.32. The van der Waals surface area contributed by atoms with Crippen LogP contribution in [-0.4, -0.2) is 42.7 Å². The van der Waals surface area contributed by atoms with Gasteiger partial charge < -0.3 is 15.5 Å². The van der Waals surface area contributed by atoms with Gasteiger partial charge in [0.2, 0.25) is 12.1 Å². The number of likely N-dealkylation sites (N-methyl/N-ethyl adjacent to an activating group) is 1. The third kappa shape index (κ3) is 5.22. The van der Waals surface area contributed by atoms with Crippen molar-refractivity contribution in [2.45, 2.75) is 19.1 Å². The normalized spacial score (nSPS) is 16.0. The van der Waals surface area contributed by atoms with E-state index in [4.69, 9.17) is 11.6 Å². The summed E-state index contributed by atoms with van der Waals surface area (Å²) in [5.74, 6) is -2.27. The van der Waals surface area contributed by atoms with Gasteiger partial charge in [-0.05, 0) is 43.3 Å². The summed E-state index contributed by atoms with van der Waals surface area (Å²) in [5, 5.41) is 5.61. The van der Waals surface area contributed by atoms with Crippen LogP contribution in [0.5, 0.6) is 0 Å². The van der Waals surface area contributed by atoms with Gasteiger partial charge in [-0.1, -0.05) is 48.0 Å². The third-order valence-corrected chi connectivity index (χ3v) is 5.79. The molecule has 4 rings (SSSR count). The van der Waals surface area contributed by atoms with Crippen molar-refractivity contribution >= 4 is 40.7 Å². The van der Waals surface area contributed by atoms with E-state index in [1.165, 1.54) is 30.0 Å². The van der Waals surface area contributed by atoms with Crippen molar-refractivity contribution in [2.75, 3.05) is 11.9 Å². The largest absolute Gasteiger partial charge is 0.341 e. The number of anilines is 1. The van der Waals surface area contributed by atoms with Crippen LogP contribution in [-0.2, 0) is 9.59 Å².